The third-order valence-corrected chi connectivity index (χ3v) is 2.52. The van der Waals surface area contributed by atoms with Crippen molar-refractivity contribution in [1.29, 1.82) is 0 Å². The number of rotatable bonds is 2. The van der Waals surface area contributed by atoms with Crippen LogP contribution in [-0.4, -0.2) is 4.83 Å². The largest absolute Gasteiger partial charge is 0.398 e. The Bertz CT molecular complexity index is 373. The van der Waals surface area contributed by atoms with E-state index in [0.29, 0.717) is 5.56 Å². The number of benzene rings is 1. The lowest BCUT2D eigenvalue weighted by Crippen LogP contribution is -2.33. The molecule has 0 unspecified atom stereocenters. The standard InChI is InChI=1S/C9H8BrF4N/c1-5-3-2-4-6(7(5)15)8(11,12)9(10,13)14/h2-4H,15H2,1H3. The molecule has 1 aromatic rings. The minimum absolute atomic E-state index is 0.318. The van der Waals surface area contributed by atoms with E-state index in [1.807, 2.05) is 0 Å². The van der Waals surface area contributed by atoms with Gasteiger partial charge in [0.05, 0.1) is 5.56 Å². The Labute approximate surface area is 92.4 Å². The monoisotopic (exact) mass is 285 g/mol. The molecule has 0 bridgehead atoms. The van der Waals surface area contributed by atoms with Crippen molar-refractivity contribution in [2.45, 2.75) is 17.7 Å². The topological polar surface area (TPSA) is 26.0 Å². The zero-order valence-electron chi connectivity index (χ0n) is 7.70. The van der Waals surface area contributed by atoms with Crippen molar-refractivity contribution >= 4 is 21.6 Å². The first-order valence-corrected chi connectivity index (χ1v) is 4.77. The molecule has 6 heteroatoms. The molecule has 0 aliphatic heterocycles. The molecule has 0 saturated heterocycles. The highest BCUT2D eigenvalue weighted by Gasteiger charge is 2.56. The molecule has 0 heterocycles. The highest BCUT2D eigenvalue weighted by molar-refractivity contribution is 9.10. The molecule has 15 heavy (non-hydrogen) atoms. The SMILES string of the molecule is Cc1cccc(C(F)(F)C(F)(F)Br)c1N. The Morgan fingerprint density at radius 1 is 1.20 bits per heavy atom. The molecule has 0 aromatic heterocycles. The fraction of sp³-hybridized carbons (Fsp3) is 0.333. The summed E-state index contributed by atoms with van der Waals surface area (Å²) in [5.74, 6) is -4.33. The van der Waals surface area contributed by atoms with Crippen LogP contribution in [0.1, 0.15) is 11.1 Å². The average molecular weight is 286 g/mol. The Morgan fingerprint density at radius 3 is 2.20 bits per heavy atom. The van der Waals surface area contributed by atoms with Crippen molar-refractivity contribution in [1.82, 2.24) is 0 Å². The first kappa shape index (κ1) is 12.3. The molecule has 0 amide bonds. The second kappa shape index (κ2) is 3.66. The van der Waals surface area contributed by atoms with Gasteiger partial charge in [0, 0.05) is 5.69 Å². The van der Waals surface area contributed by atoms with E-state index in [9.17, 15) is 17.6 Å². The maximum absolute atomic E-state index is 13.2. The summed E-state index contributed by atoms with van der Waals surface area (Å²) in [4.78, 5) is -4.32. The molecular formula is C9H8BrF4N. The van der Waals surface area contributed by atoms with Gasteiger partial charge in [0.2, 0.25) is 0 Å². The number of nitrogens with two attached hydrogens (primary N) is 1. The Hall–Kier alpha value is -0.780. The fourth-order valence-electron chi connectivity index (χ4n) is 1.11. The number of aryl methyl sites for hydroxylation is 1. The van der Waals surface area contributed by atoms with Crippen molar-refractivity contribution in [3.05, 3.63) is 29.3 Å². The zero-order chi connectivity index (χ0) is 11.9. The van der Waals surface area contributed by atoms with E-state index in [0.717, 1.165) is 6.07 Å². The van der Waals surface area contributed by atoms with Gasteiger partial charge < -0.3 is 5.73 Å². The third-order valence-electron chi connectivity index (χ3n) is 2.02. The quantitative estimate of drug-likeness (QED) is 0.501. The minimum atomic E-state index is -4.33. The predicted molar refractivity (Wildman–Crippen MR) is 53.4 cm³/mol. The molecular weight excluding hydrogens is 278 g/mol. The van der Waals surface area contributed by atoms with Crippen molar-refractivity contribution in [2.75, 3.05) is 5.73 Å². The van der Waals surface area contributed by atoms with Crippen molar-refractivity contribution in [2.24, 2.45) is 0 Å². The van der Waals surface area contributed by atoms with Crippen molar-refractivity contribution < 1.29 is 17.6 Å². The van der Waals surface area contributed by atoms with Gasteiger partial charge in [-0.25, -0.2) is 0 Å². The van der Waals surface area contributed by atoms with Gasteiger partial charge in [-0.3, -0.25) is 0 Å². The van der Waals surface area contributed by atoms with Crippen LogP contribution in [0.4, 0.5) is 23.2 Å². The number of anilines is 1. The second-order valence-corrected chi connectivity index (χ2v) is 4.10. The molecule has 1 aromatic carbocycles. The fourth-order valence-corrected chi connectivity index (χ4v) is 1.32. The summed E-state index contributed by atoms with van der Waals surface area (Å²) in [7, 11) is 0. The number of hydrogen-bond acceptors (Lipinski definition) is 1. The van der Waals surface area contributed by atoms with Crippen LogP contribution < -0.4 is 5.73 Å². The van der Waals surface area contributed by atoms with E-state index in [1.54, 1.807) is 15.9 Å². The summed E-state index contributed by atoms with van der Waals surface area (Å²) >= 11 is 1.66. The van der Waals surface area contributed by atoms with Gasteiger partial charge in [-0.2, -0.15) is 17.6 Å². The van der Waals surface area contributed by atoms with Gasteiger partial charge in [-0.1, -0.05) is 18.2 Å². The maximum atomic E-state index is 13.2. The van der Waals surface area contributed by atoms with Crippen LogP contribution in [0, 0.1) is 6.92 Å². The van der Waals surface area contributed by atoms with Crippen LogP contribution >= 0.6 is 15.9 Å². The summed E-state index contributed by atoms with van der Waals surface area (Å²) in [5, 5.41) is 0. The van der Waals surface area contributed by atoms with Crippen LogP contribution in [0.2, 0.25) is 0 Å². The molecule has 0 fully saturated rings. The average Bonchev–Trinajstić information content (AvgIpc) is 2.07. The number of nitrogen functional groups attached to an aromatic ring is 1. The van der Waals surface area contributed by atoms with Gasteiger partial charge >= 0.3 is 10.8 Å². The molecule has 0 radical (unpaired) electrons. The summed E-state index contributed by atoms with van der Waals surface area (Å²) in [6.45, 7) is 1.47. The van der Waals surface area contributed by atoms with Gasteiger partial charge in [0.25, 0.3) is 0 Å². The number of hydrogen-bond donors (Lipinski definition) is 1. The van der Waals surface area contributed by atoms with E-state index in [2.05, 4.69) is 0 Å². The van der Waals surface area contributed by atoms with E-state index < -0.39 is 16.3 Å². The molecule has 1 rings (SSSR count). The summed E-state index contributed by atoms with van der Waals surface area (Å²) < 4.78 is 51.7. The number of para-hydroxylation sites is 1. The van der Waals surface area contributed by atoms with E-state index in [-0.39, 0.29) is 5.69 Å². The molecule has 0 saturated carbocycles. The molecule has 2 N–H and O–H groups in total. The summed E-state index contributed by atoms with van der Waals surface area (Å²) in [6.07, 6.45) is 0. The first-order valence-electron chi connectivity index (χ1n) is 3.98. The predicted octanol–water partition coefficient (Wildman–Crippen LogP) is 3.66. The van der Waals surface area contributed by atoms with Gasteiger partial charge in [0.1, 0.15) is 0 Å². The lowest BCUT2D eigenvalue weighted by molar-refractivity contribution is -0.153. The van der Waals surface area contributed by atoms with Crippen LogP contribution in [0.25, 0.3) is 0 Å². The number of halogens is 5. The molecule has 1 nitrogen and oxygen atoms in total. The van der Waals surface area contributed by atoms with Crippen LogP contribution in [0.5, 0.6) is 0 Å². The highest BCUT2D eigenvalue weighted by atomic mass is 79.9. The number of alkyl halides is 5. The van der Waals surface area contributed by atoms with E-state index in [1.165, 1.54) is 19.1 Å². The smallest absolute Gasteiger partial charge is 0.367 e. The summed E-state index contributed by atoms with van der Waals surface area (Å²) in [5.41, 5.74) is 4.48. The first-order chi connectivity index (χ1) is 6.68. The Kier molecular flexibility index (Phi) is 3.00. The molecule has 84 valence electrons. The Balaban J connectivity index is 3.34. The van der Waals surface area contributed by atoms with Crippen molar-refractivity contribution in [3.63, 3.8) is 0 Å². The van der Waals surface area contributed by atoms with Crippen LogP contribution in [0.15, 0.2) is 18.2 Å². The van der Waals surface area contributed by atoms with Crippen LogP contribution in [-0.2, 0) is 5.92 Å². The van der Waals surface area contributed by atoms with Gasteiger partial charge in [-0.05, 0) is 28.4 Å². The van der Waals surface area contributed by atoms with Gasteiger partial charge in [0.15, 0.2) is 0 Å². The highest BCUT2D eigenvalue weighted by Crippen LogP contribution is 2.48. The second-order valence-electron chi connectivity index (χ2n) is 3.11. The Morgan fingerprint density at radius 2 is 1.73 bits per heavy atom. The lowest BCUT2D eigenvalue weighted by Gasteiger charge is -2.23. The minimum Gasteiger partial charge on any atom is -0.398 e. The lowest BCUT2D eigenvalue weighted by atomic mass is 10.0. The van der Waals surface area contributed by atoms with E-state index >= 15 is 0 Å². The summed E-state index contributed by atoms with van der Waals surface area (Å²) in [6, 6.07) is 3.62. The zero-order valence-corrected chi connectivity index (χ0v) is 9.29. The third kappa shape index (κ3) is 2.09. The van der Waals surface area contributed by atoms with Crippen LogP contribution in [0.3, 0.4) is 0 Å². The molecule has 0 atom stereocenters. The molecule has 0 spiro atoms. The normalized spacial score (nSPS) is 12.9. The molecule has 0 aliphatic carbocycles. The van der Waals surface area contributed by atoms with Gasteiger partial charge in [-0.15, -0.1) is 0 Å². The molecule has 0 aliphatic rings. The van der Waals surface area contributed by atoms with E-state index in [4.69, 9.17) is 5.73 Å². The maximum Gasteiger partial charge on any atom is 0.367 e. The van der Waals surface area contributed by atoms with Crippen molar-refractivity contribution in [3.8, 4) is 0 Å².